The van der Waals surface area contributed by atoms with Gasteiger partial charge in [0.1, 0.15) is 11.2 Å². The summed E-state index contributed by atoms with van der Waals surface area (Å²) in [5.41, 5.74) is -0.00406. The van der Waals surface area contributed by atoms with Crippen LogP contribution in [0.2, 0.25) is 0 Å². The number of esters is 1. The molecule has 1 saturated carbocycles. The first-order valence-electron chi connectivity index (χ1n) is 6.86. The summed E-state index contributed by atoms with van der Waals surface area (Å²) >= 11 is 0. The minimum absolute atomic E-state index is 0.315. The molecule has 0 atom stereocenters. The summed E-state index contributed by atoms with van der Waals surface area (Å²) in [7, 11) is 1.37. The number of benzene rings is 1. The molecule has 1 fully saturated rings. The van der Waals surface area contributed by atoms with Crippen LogP contribution in [-0.4, -0.2) is 29.8 Å². The van der Waals surface area contributed by atoms with Gasteiger partial charge in [-0.25, -0.2) is 0 Å². The van der Waals surface area contributed by atoms with Gasteiger partial charge in [-0.3, -0.25) is 4.79 Å². The van der Waals surface area contributed by atoms with E-state index in [0.717, 1.165) is 5.56 Å². The Morgan fingerprint density at radius 2 is 2.14 bits per heavy atom. The smallest absolute Gasteiger partial charge is 0.321 e. The van der Waals surface area contributed by atoms with Crippen LogP contribution in [0.5, 0.6) is 5.75 Å². The van der Waals surface area contributed by atoms with Crippen molar-refractivity contribution in [2.24, 2.45) is 0 Å². The average Bonchev–Trinajstić information content (AvgIpc) is 3.18. The topological polar surface area (TPSA) is 74.5 Å². The highest BCUT2D eigenvalue weighted by molar-refractivity contribution is 5.85. The fraction of sp³-hybridized carbons (Fsp3) is 0.400. The standard InChI is InChI=1S/C15H16N2O4/c1-3-20-11-7-5-4-6-10(11)12-16-13(21-17-12)15(8-9-15)14(18)19-2/h4-7H,3,8-9H2,1-2H3. The predicted molar refractivity (Wildman–Crippen MR) is 73.8 cm³/mol. The third-order valence-corrected chi connectivity index (χ3v) is 3.59. The van der Waals surface area contributed by atoms with Crippen molar-refractivity contribution >= 4 is 5.97 Å². The van der Waals surface area contributed by atoms with Crippen LogP contribution in [0.15, 0.2) is 28.8 Å². The van der Waals surface area contributed by atoms with Crippen LogP contribution in [-0.2, 0) is 14.9 Å². The van der Waals surface area contributed by atoms with Crippen molar-refractivity contribution in [2.45, 2.75) is 25.2 Å². The third kappa shape index (κ3) is 2.26. The number of rotatable bonds is 5. The summed E-state index contributed by atoms with van der Waals surface area (Å²) in [4.78, 5) is 16.2. The first-order valence-corrected chi connectivity index (χ1v) is 6.86. The Morgan fingerprint density at radius 3 is 2.81 bits per heavy atom. The molecule has 110 valence electrons. The van der Waals surface area contributed by atoms with Crippen LogP contribution in [0.1, 0.15) is 25.7 Å². The number of hydrogen-bond donors (Lipinski definition) is 0. The SMILES string of the molecule is CCOc1ccccc1-c1noc(C2(C(=O)OC)CC2)n1. The average molecular weight is 288 g/mol. The fourth-order valence-corrected chi connectivity index (χ4v) is 2.29. The van der Waals surface area contributed by atoms with Crippen molar-refractivity contribution in [2.75, 3.05) is 13.7 Å². The van der Waals surface area contributed by atoms with Crippen LogP contribution < -0.4 is 4.74 Å². The number of carbonyl (C=O) groups is 1. The summed E-state index contributed by atoms with van der Waals surface area (Å²) in [6.45, 7) is 2.46. The Hall–Kier alpha value is -2.37. The van der Waals surface area contributed by atoms with Gasteiger partial charge in [-0.15, -0.1) is 0 Å². The van der Waals surface area contributed by atoms with E-state index in [2.05, 4.69) is 10.1 Å². The molecule has 0 spiro atoms. The number of ether oxygens (including phenoxy) is 2. The van der Waals surface area contributed by atoms with Gasteiger partial charge < -0.3 is 14.0 Å². The minimum atomic E-state index is -0.749. The van der Waals surface area contributed by atoms with E-state index in [4.69, 9.17) is 14.0 Å². The van der Waals surface area contributed by atoms with Crippen molar-refractivity contribution < 1.29 is 18.8 Å². The third-order valence-electron chi connectivity index (χ3n) is 3.59. The largest absolute Gasteiger partial charge is 0.493 e. The van der Waals surface area contributed by atoms with E-state index in [1.54, 1.807) is 0 Å². The molecule has 0 aliphatic heterocycles. The fourth-order valence-electron chi connectivity index (χ4n) is 2.29. The van der Waals surface area contributed by atoms with Gasteiger partial charge in [0.2, 0.25) is 11.7 Å². The van der Waals surface area contributed by atoms with Gasteiger partial charge in [0.25, 0.3) is 0 Å². The van der Waals surface area contributed by atoms with Crippen LogP contribution in [0.4, 0.5) is 0 Å². The highest BCUT2D eigenvalue weighted by atomic mass is 16.5. The van der Waals surface area contributed by atoms with E-state index in [-0.39, 0.29) is 5.97 Å². The van der Waals surface area contributed by atoms with Gasteiger partial charge in [-0.1, -0.05) is 17.3 Å². The molecule has 0 radical (unpaired) electrons. The monoisotopic (exact) mass is 288 g/mol. The van der Waals surface area contributed by atoms with Gasteiger partial charge in [0.05, 0.1) is 19.3 Å². The molecule has 0 bridgehead atoms. The van der Waals surface area contributed by atoms with Gasteiger partial charge in [0, 0.05) is 0 Å². The quantitative estimate of drug-likeness (QED) is 0.786. The summed E-state index contributed by atoms with van der Waals surface area (Å²) < 4.78 is 15.7. The van der Waals surface area contributed by atoms with Crippen molar-refractivity contribution in [3.8, 4) is 17.1 Å². The molecule has 1 aliphatic rings. The number of carbonyl (C=O) groups excluding carboxylic acids is 1. The predicted octanol–water partition coefficient (Wildman–Crippen LogP) is 2.34. The first kappa shape index (κ1) is 13.6. The molecule has 2 aromatic rings. The van der Waals surface area contributed by atoms with Crippen LogP contribution in [0.25, 0.3) is 11.4 Å². The zero-order valence-electron chi connectivity index (χ0n) is 12.0. The molecule has 21 heavy (non-hydrogen) atoms. The molecule has 3 rings (SSSR count). The van der Waals surface area contributed by atoms with E-state index in [1.807, 2.05) is 31.2 Å². The molecular weight excluding hydrogens is 272 g/mol. The molecular formula is C15H16N2O4. The number of nitrogens with zero attached hydrogens (tertiary/aromatic N) is 2. The zero-order chi connectivity index (χ0) is 14.9. The van der Waals surface area contributed by atoms with Gasteiger partial charge >= 0.3 is 5.97 Å². The Bertz CT molecular complexity index is 661. The lowest BCUT2D eigenvalue weighted by Gasteiger charge is -2.07. The maximum absolute atomic E-state index is 11.8. The van der Waals surface area contributed by atoms with Gasteiger partial charge in [-0.2, -0.15) is 4.98 Å². The van der Waals surface area contributed by atoms with Gasteiger partial charge in [0.15, 0.2) is 0 Å². The number of aromatic nitrogens is 2. The minimum Gasteiger partial charge on any atom is -0.493 e. The summed E-state index contributed by atoms with van der Waals surface area (Å²) in [5.74, 6) is 1.10. The van der Waals surface area contributed by atoms with E-state index in [9.17, 15) is 4.79 Å². The lowest BCUT2D eigenvalue weighted by atomic mass is 10.1. The number of hydrogen-bond acceptors (Lipinski definition) is 6. The Kier molecular flexibility index (Phi) is 3.37. The van der Waals surface area contributed by atoms with Crippen LogP contribution in [0, 0.1) is 0 Å². The lowest BCUT2D eigenvalue weighted by Crippen LogP contribution is -2.22. The highest BCUT2D eigenvalue weighted by Gasteiger charge is 2.57. The molecule has 0 unspecified atom stereocenters. The summed E-state index contributed by atoms with van der Waals surface area (Å²) in [6, 6.07) is 7.47. The second-order valence-corrected chi connectivity index (χ2v) is 4.93. The Labute approximate surface area is 122 Å². The van der Waals surface area contributed by atoms with E-state index >= 15 is 0 Å². The van der Waals surface area contributed by atoms with Crippen molar-refractivity contribution in [3.63, 3.8) is 0 Å². The van der Waals surface area contributed by atoms with Crippen molar-refractivity contribution in [1.82, 2.24) is 10.1 Å². The number of methoxy groups -OCH3 is 1. The van der Waals surface area contributed by atoms with E-state index in [1.165, 1.54) is 7.11 Å². The normalized spacial score (nSPS) is 15.5. The molecule has 6 nitrogen and oxygen atoms in total. The van der Waals surface area contributed by atoms with E-state index in [0.29, 0.717) is 36.9 Å². The molecule has 1 aromatic heterocycles. The molecule has 1 heterocycles. The maximum atomic E-state index is 11.8. The molecule has 0 N–H and O–H groups in total. The molecule has 1 aromatic carbocycles. The number of para-hydroxylation sites is 1. The molecule has 1 aliphatic carbocycles. The molecule has 6 heteroatoms. The zero-order valence-corrected chi connectivity index (χ0v) is 12.0. The highest BCUT2D eigenvalue weighted by Crippen LogP contribution is 2.48. The Balaban J connectivity index is 1.94. The van der Waals surface area contributed by atoms with Crippen molar-refractivity contribution in [1.29, 1.82) is 0 Å². The van der Waals surface area contributed by atoms with Crippen LogP contribution >= 0.6 is 0 Å². The van der Waals surface area contributed by atoms with Gasteiger partial charge in [-0.05, 0) is 31.9 Å². The summed E-state index contributed by atoms with van der Waals surface area (Å²) in [5, 5.41) is 3.98. The van der Waals surface area contributed by atoms with Crippen molar-refractivity contribution in [3.05, 3.63) is 30.2 Å². The first-order chi connectivity index (χ1) is 10.2. The van der Waals surface area contributed by atoms with Crippen LogP contribution in [0.3, 0.4) is 0 Å². The van der Waals surface area contributed by atoms with E-state index < -0.39 is 5.41 Å². The second-order valence-electron chi connectivity index (χ2n) is 4.93. The Morgan fingerprint density at radius 1 is 1.38 bits per heavy atom. The molecule has 0 amide bonds. The molecule has 0 saturated heterocycles. The maximum Gasteiger partial charge on any atom is 0.321 e. The lowest BCUT2D eigenvalue weighted by molar-refractivity contribution is -0.144. The second kappa shape index (κ2) is 5.20. The summed E-state index contributed by atoms with van der Waals surface area (Å²) in [6.07, 6.45) is 1.35.